The number of fused-ring (bicyclic) bond motifs is 2. The summed E-state index contributed by atoms with van der Waals surface area (Å²) in [5.74, 6) is -0.937. The fourth-order valence-electron chi connectivity index (χ4n) is 4.20. The normalized spacial score (nSPS) is 52.4. The average Bonchev–Trinajstić information content (AvgIpc) is 2.89. The number of carbonyl (C=O) groups is 2. The van der Waals surface area contributed by atoms with Crippen LogP contribution in [0.3, 0.4) is 0 Å². The minimum absolute atomic E-state index is 0.114. The van der Waals surface area contributed by atoms with E-state index in [1.807, 2.05) is 6.92 Å². The highest BCUT2D eigenvalue weighted by Crippen LogP contribution is 2.65. The summed E-state index contributed by atoms with van der Waals surface area (Å²) in [7, 11) is 0. The van der Waals surface area contributed by atoms with Gasteiger partial charge in [-0.1, -0.05) is 6.58 Å². The van der Waals surface area contributed by atoms with Crippen molar-refractivity contribution in [3.05, 3.63) is 24.3 Å². The highest BCUT2D eigenvalue weighted by atomic mass is 16.7. The minimum Gasteiger partial charge on any atom is -0.454 e. The Morgan fingerprint density at radius 2 is 2.10 bits per heavy atom. The smallest absolute Gasteiger partial charge is 0.334 e. The molecule has 0 radical (unpaired) electrons. The van der Waals surface area contributed by atoms with E-state index in [4.69, 9.17) is 14.2 Å². The number of esters is 2. The van der Waals surface area contributed by atoms with Crippen molar-refractivity contribution in [1.29, 1.82) is 0 Å². The van der Waals surface area contributed by atoms with Crippen molar-refractivity contribution < 1.29 is 23.8 Å². The molecule has 3 heterocycles. The lowest BCUT2D eigenvalue weighted by Crippen LogP contribution is -2.59. The summed E-state index contributed by atoms with van der Waals surface area (Å²) in [6.07, 6.45) is 4.17. The first-order valence-corrected chi connectivity index (χ1v) is 6.85. The minimum atomic E-state index is -0.996. The molecule has 20 heavy (non-hydrogen) atoms. The van der Waals surface area contributed by atoms with Gasteiger partial charge in [0.05, 0.1) is 0 Å². The standard InChI is InChI=1S/C15H16O5/c1-8-9-4-6-13(2)15(20-13)7-5-10(16)19-14(15,3)11(9)18-12(8)17/h5,7,9,11H,1,4,6H2,2-3H3/t9-,11+,13+,14+,15+/m0/s1. The molecule has 0 aromatic rings. The van der Waals surface area contributed by atoms with Crippen LogP contribution in [0.2, 0.25) is 0 Å². The highest BCUT2D eigenvalue weighted by molar-refractivity contribution is 5.91. The van der Waals surface area contributed by atoms with Gasteiger partial charge in [0.15, 0.2) is 17.3 Å². The highest BCUT2D eigenvalue weighted by Gasteiger charge is 2.81. The van der Waals surface area contributed by atoms with E-state index >= 15 is 0 Å². The predicted molar refractivity (Wildman–Crippen MR) is 67.6 cm³/mol. The van der Waals surface area contributed by atoms with Crippen LogP contribution in [0.15, 0.2) is 24.3 Å². The molecule has 5 nitrogen and oxygen atoms in total. The summed E-state index contributed by atoms with van der Waals surface area (Å²) in [5, 5.41) is 0. The van der Waals surface area contributed by atoms with E-state index in [9.17, 15) is 9.59 Å². The van der Waals surface area contributed by atoms with Gasteiger partial charge in [0.1, 0.15) is 5.60 Å². The number of hydrogen-bond donors (Lipinski definition) is 0. The summed E-state index contributed by atoms with van der Waals surface area (Å²) in [4.78, 5) is 23.6. The number of rotatable bonds is 0. The lowest BCUT2D eigenvalue weighted by atomic mass is 9.74. The van der Waals surface area contributed by atoms with Gasteiger partial charge in [0, 0.05) is 17.6 Å². The first kappa shape index (κ1) is 12.1. The summed E-state index contributed by atoms with van der Waals surface area (Å²) >= 11 is 0. The van der Waals surface area contributed by atoms with Gasteiger partial charge in [-0.3, -0.25) is 0 Å². The van der Waals surface area contributed by atoms with Gasteiger partial charge in [0.2, 0.25) is 0 Å². The maximum Gasteiger partial charge on any atom is 0.334 e. The molecule has 0 N–H and O–H groups in total. The lowest BCUT2D eigenvalue weighted by molar-refractivity contribution is -0.187. The number of hydrogen-bond acceptors (Lipinski definition) is 5. The van der Waals surface area contributed by atoms with Crippen molar-refractivity contribution in [1.82, 2.24) is 0 Å². The van der Waals surface area contributed by atoms with Crippen LogP contribution < -0.4 is 0 Å². The van der Waals surface area contributed by atoms with Gasteiger partial charge in [-0.2, -0.15) is 0 Å². The molecule has 4 aliphatic rings. The van der Waals surface area contributed by atoms with E-state index in [1.165, 1.54) is 6.08 Å². The summed E-state index contributed by atoms with van der Waals surface area (Å²) in [5.41, 5.74) is -1.60. The molecular weight excluding hydrogens is 260 g/mol. The molecule has 5 heteroatoms. The Kier molecular flexibility index (Phi) is 1.92. The van der Waals surface area contributed by atoms with Crippen LogP contribution in [0.25, 0.3) is 0 Å². The van der Waals surface area contributed by atoms with Crippen LogP contribution in [-0.4, -0.2) is 34.8 Å². The van der Waals surface area contributed by atoms with Crippen molar-refractivity contribution in [2.45, 2.75) is 49.6 Å². The SMILES string of the molecule is C=C1C(=O)O[C@@H]2[C@H]1CC[C@@]1(C)O[C@]13C=CC(=O)O[C@]23C. The fourth-order valence-corrected chi connectivity index (χ4v) is 4.20. The molecule has 106 valence electrons. The third-order valence-corrected chi connectivity index (χ3v) is 5.42. The first-order chi connectivity index (χ1) is 9.33. The molecule has 3 fully saturated rings. The Morgan fingerprint density at radius 1 is 1.35 bits per heavy atom. The second kappa shape index (κ2) is 3.17. The lowest BCUT2D eigenvalue weighted by Gasteiger charge is -2.40. The van der Waals surface area contributed by atoms with E-state index in [0.29, 0.717) is 5.57 Å². The largest absolute Gasteiger partial charge is 0.454 e. The molecule has 4 rings (SSSR count). The molecule has 5 atom stereocenters. The van der Waals surface area contributed by atoms with Gasteiger partial charge >= 0.3 is 11.9 Å². The molecular formula is C15H16O5. The Balaban J connectivity index is 1.88. The summed E-state index contributed by atoms with van der Waals surface area (Å²) < 4.78 is 17.1. The van der Waals surface area contributed by atoms with E-state index in [1.54, 1.807) is 13.0 Å². The first-order valence-electron chi connectivity index (χ1n) is 6.85. The van der Waals surface area contributed by atoms with E-state index in [2.05, 4.69) is 6.58 Å². The second-order valence-corrected chi connectivity index (χ2v) is 6.43. The van der Waals surface area contributed by atoms with Crippen molar-refractivity contribution >= 4 is 11.9 Å². The third-order valence-electron chi connectivity index (χ3n) is 5.42. The molecule has 0 aromatic heterocycles. The quantitative estimate of drug-likeness (QED) is 0.379. The topological polar surface area (TPSA) is 65.1 Å². The number of ether oxygens (including phenoxy) is 3. The van der Waals surface area contributed by atoms with Crippen LogP contribution in [0, 0.1) is 5.92 Å². The zero-order valence-electron chi connectivity index (χ0n) is 11.5. The van der Waals surface area contributed by atoms with Crippen LogP contribution >= 0.6 is 0 Å². The molecule has 0 bridgehead atoms. The number of carbonyl (C=O) groups excluding carboxylic acids is 2. The van der Waals surface area contributed by atoms with E-state index in [-0.39, 0.29) is 11.5 Å². The molecule has 1 saturated carbocycles. The molecule has 2 saturated heterocycles. The third kappa shape index (κ3) is 1.10. The molecule has 1 aliphatic carbocycles. The Hall–Kier alpha value is -1.62. The zero-order chi connectivity index (χ0) is 14.3. The molecule has 0 amide bonds. The average molecular weight is 276 g/mol. The summed E-state index contributed by atoms with van der Waals surface area (Å²) in [6.45, 7) is 7.65. The zero-order valence-corrected chi connectivity index (χ0v) is 11.5. The van der Waals surface area contributed by atoms with Crippen LogP contribution in [0.1, 0.15) is 26.7 Å². The monoisotopic (exact) mass is 276 g/mol. The molecule has 3 aliphatic heterocycles. The van der Waals surface area contributed by atoms with Gasteiger partial charge < -0.3 is 14.2 Å². The van der Waals surface area contributed by atoms with Crippen LogP contribution in [-0.2, 0) is 23.8 Å². The van der Waals surface area contributed by atoms with Gasteiger partial charge in [-0.15, -0.1) is 0 Å². The van der Waals surface area contributed by atoms with Crippen molar-refractivity contribution in [3.63, 3.8) is 0 Å². The molecule has 0 unspecified atom stereocenters. The van der Waals surface area contributed by atoms with Crippen molar-refractivity contribution in [3.8, 4) is 0 Å². The Bertz CT molecular complexity index is 593. The number of epoxide rings is 1. The van der Waals surface area contributed by atoms with Crippen molar-refractivity contribution in [2.24, 2.45) is 5.92 Å². The maximum absolute atomic E-state index is 11.8. The van der Waals surface area contributed by atoms with Gasteiger partial charge in [-0.25, -0.2) is 9.59 Å². The van der Waals surface area contributed by atoms with Crippen LogP contribution in [0.5, 0.6) is 0 Å². The van der Waals surface area contributed by atoms with Gasteiger partial charge in [-0.05, 0) is 32.8 Å². The maximum atomic E-state index is 11.8. The van der Waals surface area contributed by atoms with Crippen molar-refractivity contribution in [2.75, 3.05) is 0 Å². The Labute approximate surface area is 116 Å². The van der Waals surface area contributed by atoms with Gasteiger partial charge in [0.25, 0.3) is 0 Å². The second-order valence-electron chi connectivity index (χ2n) is 6.43. The Morgan fingerprint density at radius 3 is 2.85 bits per heavy atom. The summed E-state index contributed by atoms with van der Waals surface area (Å²) in [6, 6.07) is 0. The molecule has 0 aromatic carbocycles. The van der Waals surface area contributed by atoms with Crippen LogP contribution in [0.4, 0.5) is 0 Å². The molecule has 1 spiro atoms. The fraction of sp³-hybridized carbons (Fsp3) is 0.600. The van der Waals surface area contributed by atoms with E-state index in [0.717, 1.165) is 12.8 Å². The predicted octanol–water partition coefficient (Wildman–Crippen LogP) is 1.28. The van der Waals surface area contributed by atoms with E-state index < -0.39 is 29.2 Å².